The minimum Gasteiger partial charge on any atom is -0.359 e. The Balaban J connectivity index is 1.60. The van der Waals surface area contributed by atoms with E-state index in [1.807, 2.05) is 0 Å². The maximum absolute atomic E-state index is 12.3. The number of nitrogens with zero attached hydrogens (tertiary/aromatic N) is 1. The minimum atomic E-state index is -0.333. The predicted molar refractivity (Wildman–Crippen MR) is 102 cm³/mol. The van der Waals surface area contributed by atoms with Crippen molar-refractivity contribution in [2.24, 2.45) is 0 Å². The van der Waals surface area contributed by atoms with Gasteiger partial charge in [0, 0.05) is 24.6 Å². The second-order valence-corrected chi connectivity index (χ2v) is 7.16. The van der Waals surface area contributed by atoms with E-state index in [1.165, 1.54) is 12.8 Å². The molecule has 0 bridgehead atoms. The van der Waals surface area contributed by atoms with Gasteiger partial charge < -0.3 is 10.2 Å². The van der Waals surface area contributed by atoms with Crippen LogP contribution in [-0.2, 0) is 4.79 Å². The van der Waals surface area contributed by atoms with E-state index in [-0.39, 0.29) is 11.8 Å². The fourth-order valence-electron chi connectivity index (χ4n) is 3.24. The summed E-state index contributed by atoms with van der Waals surface area (Å²) >= 11 is 11.4. The summed E-state index contributed by atoms with van der Waals surface area (Å²) in [5, 5.41) is 4.05. The Morgan fingerprint density at radius 1 is 1.20 bits per heavy atom. The molecule has 8 heteroatoms. The third-order valence-electron chi connectivity index (χ3n) is 4.55. The number of hydrogen-bond acceptors (Lipinski definition) is 3. The van der Waals surface area contributed by atoms with Crippen molar-refractivity contribution < 1.29 is 9.59 Å². The number of anilines is 1. The van der Waals surface area contributed by atoms with Gasteiger partial charge in [-0.3, -0.25) is 20.4 Å². The Kier molecular flexibility index (Phi) is 5.75. The van der Waals surface area contributed by atoms with Gasteiger partial charge in [-0.2, -0.15) is 0 Å². The van der Waals surface area contributed by atoms with Gasteiger partial charge in [-0.05, 0) is 49.7 Å². The molecular weight excluding hydrogens is 360 g/mol. The van der Waals surface area contributed by atoms with Crippen molar-refractivity contribution in [3.05, 3.63) is 28.8 Å². The van der Waals surface area contributed by atoms with Gasteiger partial charge in [0.15, 0.2) is 5.11 Å². The lowest BCUT2D eigenvalue weighted by Crippen LogP contribution is -2.49. The number of nitrogens with one attached hydrogen (secondary N) is 3. The van der Waals surface area contributed by atoms with Crippen molar-refractivity contribution in [3.8, 4) is 0 Å². The standard InChI is InChI=1S/C17H21ClN4O2S/c18-13-8-7-11(10-14(13)22-9-3-6-15(22)23)16(24)20-21-17(25)19-12-4-1-2-5-12/h7-8,10,12H,1-6,9H2,(H,20,24)(H2,19,21,25). The molecule has 25 heavy (non-hydrogen) atoms. The van der Waals surface area contributed by atoms with Crippen LogP contribution in [0, 0.1) is 0 Å². The van der Waals surface area contributed by atoms with Crippen LogP contribution in [0.25, 0.3) is 0 Å². The molecule has 2 fully saturated rings. The third kappa shape index (κ3) is 4.41. The monoisotopic (exact) mass is 380 g/mol. The summed E-state index contributed by atoms with van der Waals surface area (Å²) in [5.74, 6) is -0.306. The maximum atomic E-state index is 12.3. The lowest BCUT2D eigenvalue weighted by atomic mass is 10.2. The van der Waals surface area contributed by atoms with Crippen molar-refractivity contribution in [3.63, 3.8) is 0 Å². The molecule has 3 rings (SSSR count). The fraction of sp³-hybridized carbons (Fsp3) is 0.471. The SMILES string of the molecule is O=C(NNC(=S)NC1CCCC1)c1ccc(Cl)c(N2CCCC2=O)c1. The number of halogens is 1. The van der Waals surface area contributed by atoms with E-state index in [2.05, 4.69) is 16.2 Å². The van der Waals surface area contributed by atoms with Crippen LogP contribution in [0.1, 0.15) is 48.9 Å². The number of rotatable bonds is 3. The van der Waals surface area contributed by atoms with Gasteiger partial charge in [-0.1, -0.05) is 24.4 Å². The molecular formula is C17H21ClN4O2S. The van der Waals surface area contributed by atoms with Crippen LogP contribution in [0.15, 0.2) is 18.2 Å². The van der Waals surface area contributed by atoms with Crippen molar-refractivity contribution >= 4 is 46.4 Å². The van der Waals surface area contributed by atoms with Crippen LogP contribution in [-0.4, -0.2) is 29.5 Å². The van der Waals surface area contributed by atoms with Gasteiger partial charge in [0.1, 0.15) is 0 Å². The normalized spacial score (nSPS) is 17.6. The van der Waals surface area contributed by atoms with Crippen molar-refractivity contribution in [1.82, 2.24) is 16.2 Å². The first kappa shape index (κ1) is 17.9. The number of amides is 2. The Labute approximate surface area is 157 Å². The first-order valence-electron chi connectivity index (χ1n) is 8.51. The van der Waals surface area contributed by atoms with E-state index in [4.69, 9.17) is 23.8 Å². The van der Waals surface area contributed by atoms with Crippen LogP contribution in [0.4, 0.5) is 5.69 Å². The van der Waals surface area contributed by atoms with Gasteiger partial charge in [-0.25, -0.2) is 0 Å². The fourth-order valence-corrected chi connectivity index (χ4v) is 3.68. The lowest BCUT2D eigenvalue weighted by Gasteiger charge is -2.19. The molecule has 0 aromatic heterocycles. The summed E-state index contributed by atoms with van der Waals surface area (Å²) in [6, 6.07) is 5.26. The van der Waals surface area contributed by atoms with Crippen LogP contribution >= 0.6 is 23.8 Å². The topological polar surface area (TPSA) is 73.5 Å². The van der Waals surface area contributed by atoms with Crippen molar-refractivity contribution in [2.45, 2.75) is 44.6 Å². The molecule has 1 aromatic carbocycles. The second-order valence-electron chi connectivity index (χ2n) is 6.35. The zero-order valence-electron chi connectivity index (χ0n) is 13.8. The molecule has 1 aromatic rings. The Bertz CT molecular complexity index is 691. The van der Waals surface area contributed by atoms with E-state index in [1.54, 1.807) is 23.1 Å². The predicted octanol–water partition coefficient (Wildman–Crippen LogP) is 2.52. The molecule has 1 saturated heterocycles. The molecule has 0 radical (unpaired) electrons. The van der Waals surface area contributed by atoms with Crippen LogP contribution in [0.3, 0.4) is 0 Å². The van der Waals surface area contributed by atoms with Crippen LogP contribution < -0.4 is 21.1 Å². The van der Waals surface area contributed by atoms with Gasteiger partial charge in [-0.15, -0.1) is 0 Å². The summed E-state index contributed by atoms with van der Waals surface area (Å²) in [7, 11) is 0. The van der Waals surface area contributed by atoms with E-state index in [0.717, 1.165) is 19.3 Å². The van der Waals surface area contributed by atoms with Gasteiger partial charge in [0.2, 0.25) is 5.91 Å². The average molecular weight is 381 g/mol. The minimum absolute atomic E-state index is 0.0273. The Morgan fingerprint density at radius 2 is 1.96 bits per heavy atom. The second kappa shape index (κ2) is 8.01. The molecule has 134 valence electrons. The molecule has 1 heterocycles. The maximum Gasteiger partial charge on any atom is 0.269 e. The molecule has 3 N–H and O–H groups in total. The lowest BCUT2D eigenvalue weighted by molar-refractivity contribution is -0.117. The summed E-state index contributed by atoms with van der Waals surface area (Å²) in [4.78, 5) is 25.9. The number of hydrazine groups is 1. The van der Waals surface area contributed by atoms with Crippen LogP contribution in [0.2, 0.25) is 5.02 Å². The van der Waals surface area contributed by atoms with Gasteiger partial charge in [0.25, 0.3) is 5.91 Å². The smallest absolute Gasteiger partial charge is 0.269 e. The largest absolute Gasteiger partial charge is 0.359 e. The number of carbonyl (C=O) groups excluding carboxylic acids is 2. The zero-order valence-corrected chi connectivity index (χ0v) is 15.4. The number of hydrogen-bond donors (Lipinski definition) is 3. The van der Waals surface area contributed by atoms with Crippen LogP contribution in [0.5, 0.6) is 0 Å². The van der Waals surface area contributed by atoms with Gasteiger partial charge >= 0.3 is 0 Å². The molecule has 2 aliphatic rings. The zero-order chi connectivity index (χ0) is 17.8. The summed E-state index contributed by atoms with van der Waals surface area (Å²) in [6.07, 6.45) is 5.91. The highest BCUT2D eigenvalue weighted by molar-refractivity contribution is 7.80. The first-order chi connectivity index (χ1) is 12.0. The number of thiocarbonyl (C=S) groups is 1. The number of carbonyl (C=O) groups is 2. The highest BCUT2D eigenvalue weighted by Gasteiger charge is 2.24. The van der Waals surface area contributed by atoms with Gasteiger partial charge in [0.05, 0.1) is 10.7 Å². The molecule has 1 saturated carbocycles. The van der Waals surface area contributed by atoms with E-state index in [0.29, 0.717) is 40.4 Å². The Hall–Kier alpha value is -1.86. The molecule has 2 amide bonds. The molecule has 0 atom stereocenters. The third-order valence-corrected chi connectivity index (χ3v) is 5.09. The van der Waals surface area contributed by atoms with E-state index >= 15 is 0 Å². The summed E-state index contributed by atoms with van der Waals surface area (Å²) in [5.41, 5.74) is 6.29. The van der Waals surface area contributed by atoms with Crippen molar-refractivity contribution in [1.29, 1.82) is 0 Å². The van der Waals surface area contributed by atoms with E-state index in [9.17, 15) is 9.59 Å². The number of benzene rings is 1. The first-order valence-corrected chi connectivity index (χ1v) is 9.30. The highest BCUT2D eigenvalue weighted by Crippen LogP contribution is 2.30. The molecule has 0 unspecified atom stereocenters. The molecule has 1 aliphatic carbocycles. The summed E-state index contributed by atoms with van der Waals surface area (Å²) in [6.45, 7) is 0.622. The van der Waals surface area contributed by atoms with Crippen molar-refractivity contribution in [2.75, 3.05) is 11.4 Å². The quantitative estimate of drug-likeness (QED) is 0.555. The molecule has 1 aliphatic heterocycles. The summed E-state index contributed by atoms with van der Waals surface area (Å²) < 4.78 is 0. The molecule has 0 spiro atoms. The average Bonchev–Trinajstić information content (AvgIpc) is 3.25. The highest BCUT2D eigenvalue weighted by atomic mass is 35.5. The Morgan fingerprint density at radius 3 is 2.64 bits per heavy atom. The van der Waals surface area contributed by atoms with E-state index < -0.39 is 0 Å². The molecule has 6 nitrogen and oxygen atoms in total.